The van der Waals surface area contributed by atoms with Gasteiger partial charge in [-0.3, -0.25) is 14.4 Å². The predicted octanol–water partition coefficient (Wildman–Crippen LogP) is 2.85. The second-order valence-electron chi connectivity index (χ2n) is 9.63. The number of thiazole rings is 1. The van der Waals surface area contributed by atoms with Crippen molar-refractivity contribution in [2.45, 2.75) is 59.3 Å². The third-order valence-corrected chi connectivity index (χ3v) is 7.30. The van der Waals surface area contributed by atoms with Gasteiger partial charge < -0.3 is 20.0 Å². The monoisotopic (exact) mass is 477 g/mol. The van der Waals surface area contributed by atoms with Gasteiger partial charge in [-0.25, -0.2) is 4.98 Å². The number of carbonyl (C=O) groups excluding carboxylic acids is 3. The molecule has 9 heteroatoms. The van der Waals surface area contributed by atoms with Crippen LogP contribution in [0.2, 0.25) is 0 Å². The van der Waals surface area contributed by atoms with E-state index >= 15 is 0 Å². The summed E-state index contributed by atoms with van der Waals surface area (Å²) in [5.74, 6) is 0.286. The zero-order valence-electron chi connectivity index (χ0n) is 20.3. The van der Waals surface area contributed by atoms with E-state index in [0.29, 0.717) is 23.3 Å². The highest BCUT2D eigenvalue weighted by molar-refractivity contribution is 7.13. The van der Waals surface area contributed by atoms with Crippen molar-refractivity contribution in [3.05, 3.63) is 11.1 Å². The molecule has 8 nitrogen and oxygen atoms in total. The van der Waals surface area contributed by atoms with E-state index in [-0.39, 0.29) is 36.6 Å². The third kappa shape index (κ3) is 7.78. The molecule has 33 heavy (non-hydrogen) atoms. The fourth-order valence-electron chi connectivity index (χ4n) is 4.64. The summed E-state index contributed by atoms with van der Waals surface area (Å²) in [6.07, 6.45) is 5.47. The molecule has 1 aliphatic carbocycles. The van der Waals surface area contributed by atoms with Crippen LogP contribution in [0, 0.1) is 11.8 Å². The van der Waals surface area contributed by atoms with Crippen LogP contribution < -0.4 is 5.32 Å². The molecule has 1 saturated carbocycles. The summed E-state index contributed by atoms with van der Waals surface area (Å²) in [6.45, 7) is 11.2. The Balaban J connectivity index is 1.51. The fraction of sp³-hybridized carbons (Fsp3) is 0.750. The van der Waals surface area contributed by atoms with Crippen molar-refractivity contribution < 1.29 is 14.4 Å². The van der Waals surface area contributed by atoms with Gasteiger partial charge in [-0.15, -0.1) is 11.3 Å². The SMILES string of the molecule is CCN1CCN(C(=O)Cc2csc(NC(=O)CN(CC(C)C)C(=O)C3CCCCC3)n2)CC1. The molecule has 1 aromatic rings. The summed E-state index contributed by atoms with van der Waals surface area (Å²) < 4.78 is 0. The Morgan fingerprint density at radius 1 is 1.15 bits per heavy atom. The smallest absolute Gasteiger partial charge is 0.245 e. The Hall–Kier alpha value is -2.00. The van der Waals surface area contributed by atoms with Gasteiger partial charge in [0.1, 0.15) is 0 Å². The molecule has 0 bridgehead atoms. The third-order valence-electron chi connectivity index (χ3n) is 6.49. The minimum atomic E-state index is -0.234. The summed E-state index contributed by atoms with van der Waals surface area (Å²) in [5, 5.41) is 5.14. The number of piperazine rings is 1. The zero-order valence-corrected chi connectivity index (χ0v) is 21.2. The first-order valence-electron chi connectivity index (χ1n) is 12.4. The van der Waals surface area contributed by atoms with Crippen molar-refractivity contribution in [3.63, 3.8) is 0 Å². The number of nitrogens with one attached hydrogen (secondary N) is 1. The van der Waals surface area contributed by atoms with Crippen LogP contribution in [0.3, 0.4) is 0 Å². The number of aromatic nitrogens is 1. The van der Waals surface area contributed by atoms with E-state index in [1.807, 2.05) is 10.3 Å². The Labute approximate surface area is 201 Å². The molecule has 0 radical (unpaired) electrons. The van der Waals surface area contributed by atoms with E-state index in [4.69, 9.17) is 0 Å². The van der Waals surface area contributed by atoms with Gasteiger partial charge in [-0.1, -0.05) is 40.0 Å². The Bertz CT molecular complexity index is 798. The van der Waals surface area contributed by atoms with Gasteiger partial charge in [0, 0.05) is 44.0 Å². The van der Waals surface area contributed by atoms with Crippen molar-refractivity contribution in [2.75, 3.05) is 51.1 Å². The van der Waals surface area contributed by atoms with Crippen molar-refractivity contribution in [1.82, 2.24) is 19.7 Å². The molecular formula is C24H39N5O3S. The van der Waals surface area contributed by atoms with Gasteiger partial charge in [0.2, 0.25) is 17.7 Å². The molecule has 1 aliphatic heterocycles. The molecule has 3 amide bonds. The van der Waals surface area contributed by atoms with Gasteiger partial charge in [0.25, 0.3) is 0 Å². The average Bonchev–Trinajstić information content (AvgIpc) is 3.24. The molecule has 2 heterocycles. The van der Waals surface area contributed by atoms with Gasteiger partial charge in [-0.05, 0) is 25.3 Å². The first-order valence-corrected chi connectivity index (χ1v) is 13.3. The van der Waals surface area contributed by atoms with Crippen molar-refractivity contribution in [2.24, 2.45) is 11.8 Å². The number of rotatable bonds is 9. The van der Waals surface area contributed by atoms with E-state index in [9.17, 15) is 14.4 Å². The van der Waals surface area contributed by atoms with Crippen LogP contribution in [0.25, 0.3) is 0 Å². The van der Waals surface area contributed by atoms with Gasteiger partial charge >= 0.3 is 0 Å². The molecule has 3 rings (SSSR count). The Kier molecular flexibility index (Phi) is 9.67. The number of amides is 3. The highest BCUT2D eigenvalue weighted by Crippen LogP contribution is 2.26. The topological polar surface area (TPSA) is 85.9 Å². The summed E-state index contributed by atoms with van der Waals surface area (Å²) in [5.41, 5.74) is 0.676. The minimum Gasteiger partial charge on any atom is -0.340 e. The van der Waals surface area contributed by atoms with Gasteiger partial charge in [0.05, 0.1) is 18.7 Å². The lowest BCUT2D eigenvalue weighted by molar-refractivity contribution is -0.139. The largest absolute Gasteiger partial charge is 0.340 e. The van der Waals surface area contributed by atoms with Crippen LogP contribution in [-0.2, 0) is 20.8 Å². The van der Waals surface area contributed by atoms with Crippen LogP contribution in [0.15, 0.2) is 5.38 Å². The molecule has 0 atom stereocenters. The standard InChI is InChI=1S/C24H39N5O3S/c1-4-27-10-12-28(13-11-27)22(31)14-20-17-33-24(25-20)26-21(30)16-29(15-18(2)3)23(32)19-8-6-5-7-9-19/h17-19H,4-16H2,1-3H3,(H,25,26,30). The summed E-state index contributed by atoms with van der Waals surface area (Å²) in [7, 11) is 0. The van der Waals surface area contributed by atoms with Crippen molar-refractivity contribution in [3.8, 4) is 0 Å². The molecule has 0 aromatic carbocycles. The summed E-state index contributed by atoms with van der Waals surface area (Å²) in [6, 6.07) is 0. The lowest BCUT2D eigenvalue weighted by Gasteiger charge is -2.34. The van der Waals surface area contributed by atoms with E-state index in [0.717, 1.165) is 58.4 Å². The van der Waals surface area contributed by atoms with E-state index in [2.05, 4.69) is 36.0 Å². The van der Waals surface area contributed by atoms with Crippen LogP contribution in [-0.4, -0.2) is 83.2 Å². The number of carbonyl (C=O) groups is 3. The molecule has 184 valence electrons. The second-order valence-corrected chi connectivity index (χ2v) is 10.5. The lowest BCUT2D eigenvalue weighted by Crippen LogP contribution is -2.48. The molecule has 1 N–H and O–H groups in total. The van der Waals surface area contributed by atoms with Crippen LogP contribution in [0.1, 0.15) is 58.6 Å². The quantitative estimate of drug-likeness (QED) is 0.591. The number of anilines is 1. The number of likely N-dealkylation sites (N-methyl/N-ethyl adjacent to an activating group) is 1. The molecular weight excluding hydrogens is 438 g/mol. The normalized spacial score (nSPS) is 17.9. The maximum atomic E-state index is 13.0. The summed E-state index contributed by atoms with van der Waals surface area (Å²) in [4.78, 5) is 48.7. The second kappa shape index (κ2) is 12.5. The Morgan fingerprint density at radius 3 is 2.48 bits per heavy atom. The van der Waals surface area contributed by atoms with E-state index in [1.54, 1.807) is 4.90 Å². The van der Waals surface area contributed by atoms with Crippen molar-refractivity contribution >= 4 is 34.2 Å². The first-order chi connectivity index (χ1) is 15.9. The average molecular weight is 478 g/mol. The highest BCUT2D eigenvalue weighted by Gasteiger charge is 2.28. The highest BCUT2D eigenvalue weighted by atomic mass is 32.1. The maximum Gasteiger partial charge on any atom is 0.245 e. The fourth-order valence-corrected chi connectivity index (χ4v) is 5.37. The van der Waals surface area contributed by atoms with Gasteiger partial charge in [0.15, 0.2) is 5.13 Å². The summed E-state index contributed by atoms with van der Waals surface area (Å²) >= 11 is 1.32. The van der Waals surface area contributed by atoms with Crippen molar-refractivity contribution in [1.29, 1.82) is 0 Å². The lowest BCUT2D eigenvalue weighted by atomic mass is 9.88. The van der Waals surface area contributed by atoms with Crippen LogP contribution >= 0.6 is 11.3 Å². The van der Waals surface area contributed by atoms with E-state index < -0.39 is 0 Å². The molecule has 2 fully saturated rings. The van der Waals surface area contributed by atoms with Gasteiger partial charge in [-0.2, -0.15) is 0 Å². The molecule has 0 spiro atoms. The Morgan fingerprint density at radius 2 is 1.85 bits per heavy atom. The van der Waals surface area contributed by atoms with Crippen LogP contribution in [0.4, 0.5) is 5.13 Å². The first kappa shape index (κ1) is 25.6. The molecule has 2 aliphatic rings. The minimum absolute atomic E-state index is 0.0435. The molecule has 1 saturated heterocycles. The maximum absolute atomic E-state index is 13.0. The molecule has 0 unspecified atom stereocenters. The number of hydrogen-bond acceptors (Lipinski definition) is 6. The molecule has 1 aromatic heterocycles. The van der Waals surface area contributed by atoms with E-state index in [1.165, 1.54) is 17.8 Å². The number of hydrogen-bond donors (Lipinski definition) is 1. The predicted molar refractivity (Wildman–Crippen MR) is 131 cm³/mol. The number of nitrogens with zero attached hydrogens (tertiary/aromatic N) is 4. The zero-order chi connectivity index (χ0) is 23.8. The van der Waals surface area contributed by atoms with Crippen LogP contribution in [0.5, 0.6) is 0 Å².